The Morgan fingerprint density at radius 2 is 1.84 bits per heavy atom. The molecule has 1 fully saturated rings. The summed E-state index contributed by atoms with van der Waals surface area (Å²) < 4.78 is 9.74. The Balaban J connectivity index is 1.79. The van der Waals surface area contributed by atoms with Crippen LogP contribution in [0.2, 0.25) is 0 Å². The summed E-state index contributed by atoms with van der Waals surface area (Å²) in [6, 6.07) is 2.81. The van der Waals surface area contributed by atoms with Gasteiger partial charge in [-0.25, -0.2) is 23.5 Å². The van der Waals surface area contributed by atoms with Gasteiger partial charge in [-0.3, -0.25) is 9.59 Å². The minimum Gasteiger partial charge on any atom is -0.463 e. The van der Waals surface area contributed by atoms with Crippen LogP contribution in [0.25, 0.3) is 0 Å². The number of hydrogen-bond acceptors (Lipinski definition) is 6. The van der Waals surface area contributed by atoms with Crippen molar-refractivity contribution in [3.05, 3.63) is 67.4 Å². The van der Waals surface area contributed by atoms with Crippen LogP contribution in [-0.2, 0) is 29.8 Å². The van der Waals surface area contributed by atoms with Crippen molar-refractivity contribution in [2.24, 2.45) is 18.4 Å². The van der Waals surface area contributed by atoms with Crippen molar-refractivity contribution >= 4 is 11.6 Å². The molecule has 4 unspecified atom stereocenters. The molecule has 168 valence electrons. The molecular formula is C23H25N3O6. The normalized spacial score (nSPS) is 29.5. The van der Waals surface area contributed by atoms with Crippen molar-refractivity contribution in [2.75, 3.05) is 0 Å². The van der Waals surface area contributed by atoms with Crippen LogP contribution in [0.3, 0.4) is 0 Å². The predicted octanol–water partition coefficient (Wildman–Crippen LogP) is 1.21. The van der Waals surface area contributed by atoms with Gasteiger partial charge in [0.05, 0.1) is 23.9 Å². The van der Waals surface area contributed by atoms with Crippen molar-refractivity contribution < 1.29 is 19.1 Å². The van der Waals surface area contributed by atoms with E-state index in [1.54, 1.807) is 32.9 Å². The lowest BCUT2D eigenvalue weighted by atomic mass is 9.50. The zero-order valence-corrected chi connectivity index (χ0v) is 18.4. The average Bonchev–Trinajstić information content (AvgIpc) is 3.34. The number of carbonyl (C=O) groups excluding carboxylic acids is 2. The number of hydrogen-bond donors (Lipinski definition) is 1. The summed E-state index contributed by atoms with van der Waals surface area (Å²) in [6.07, 6.45) is 2.11. The summed E-state index contributed by atoms with van der Waals surface area (Å²) in [5, 5.41) is 9.53. The van der Waals surface area contributed by atoms with E-state index in [1.165, 1.54) is 16.4 Å². The van der Waals surface area contributed by atoms with Crippen molar-refractivity contribution in [1.29, 1.82) is 0 Å². The quantitative estimate of drug-likeness (QED) is 0.703. The number of aromatic nitrogens is 3. The van der Waals surface area contributed by atoms with E-state index < -0.39 is 34.7 Å². The van der Waals surface area contributed by atoms with Gasteiger partial charge < -0.3 is 9.52 Å². The largest absolute Gasteiger partial charge is 0.463 e. The molecule has 2 aromatic rings. The topological polar surface area (TPSA) is 116 Å². The highest BCUT2D eigenvalue weighted by Gasteiger charge is 2.61. The van der Waals surface area contributed by atoms with E-state index in [0.29, 0.717) is 22.7 Å². The molecule has 0 spiro atoms. The van der Waals surface area contributed by atoms with Gasteiger partial charge in [-0.05, 0) is 49.1 Å². The third-order valence-electron chi connectivity index (χ3n) is 7.75. The first-order valence-corrected chi connectivity index (χ1v) is 10.7. The van der Waals surface area contributed by atoms with E-state index in [2.05, 4.69) is 0 Å². The van der Waals surface area contributed by atoms with Gasteiger partial charge >= 0.3 is 11.4 Å². The molecule has 9 nitrogen and oxygen atoms in total. The summed E-state index contributed by atoms with van der Waals surface area (Å²) in [5.41, 5.74) is -0.322. The van der Waals surface area contributed by atoms with Crippen LogP contribution in [0.15, 0.2) is 48.9 Å². The molecule has 1 aliphatic heterocycles. The zero-order valence-electron chi connectivity index (χ0n) is 18.4. The fraction of sp³-hybridized carbons (Fsp3) is 0.478. The molecular weight excluding hydrogens is 414 g/mol. The molecule has 1 N–H and O–H groups in total. The molecule has 2 aliphatic carbocycles. The molecule has 4 atom stereocenters. The number of nitrogens with zero attached hydrogens (tertiary/aromatic N) is 3. The molecule has 0 radical (unpaired) electrons. The highest BCUT2D eigenvalue weighted by molar-refractivity contribution is 6.15. The second-order valence-corrected chi connectivity index (χ2v) is 9.18. The van der Waals surface area contributed by atoms with Crippen molar-refractivity contribution in [2.45, 2.75) is 52.3 Å². The Hall–Kier alpha value is -3.20. The first kappa shape index (κ1) is 20.7. The van der Waals surface area contributed by atoms with Crippen LogP contribution >= 0.6 is 0 Å². The van der Waals surface area contributed by atoms with E-state index in [1.807, 2.05) is 6.08 Å². The van der Waals surface area contributed by atoms with Crippen LogP contribution in [-0.4, -0.2) is 30.6 Å². The first-order chi connectivity index (χ1) is 15.1. The maximum absolute atomic E-state index is 13.7. The first-order valence-electron chi connectivity index (χ1n) is 10.7. The highest BCUT2D eigenvalue weighted by atomic mass is 16.4. The Morgan fingerprint density at radius 3 is 2.50 bits per heavy atom. The van der Waals surface area contributed by atoms with Gasteiger partial charge in [-0.2, -0.15) is 0 Å². The SMILES string of the molecule is CC1=C(C)C(=O)C2(C)C(CC3C(=CCn4c(=O)n(C)c(=O)n43)C2c2ccc(CO)o2)C1=O. The van der Waals surface area contributed by atoms with Crippen molar-refractivity contribution in [3.8, 4) is 0 Å². The van der Waals surface area contributed by atoms with E-state index in [0.717, 1.165) is 10.1 Å². The van der Waals surface area contributed by atoms with Gasteiger partial charge in [0.2, 0.25) is 0 Å². The second-order valence-electron chi connectivity index (χ2n) is 9.18. The number of aliphatic hydroxyl groups excluding tert-OH is 1. The fourth-order valence-electron chi connectivity index (χ4n) is 5.89. The zero-order chi connectivity index (χ0) is 23.1. The number of carbonyl (C=O) groups is 2. The standard InChI is InChI=1S/C23H25N3O6/c1-11-12(2)20(29)23(3)15(19(11)28)9-16-14(18(23)17-6-5-13(10-27)32-17)7-8-25-21(30)24(4)22(31)26(16)25/h5-7,15-16,18,27H,8-10H2,1-4H3. The average molecular weight is 439 g/mol. The number of furan rings is 1. The van der Waals surface area contributed by atoms with Crippen molar-refractivity contribution in [3.63, 3.8) is 0 Å². The van der Waals surface area contributed by atoms with E-state index in [9.17, 15) is 24.3 Å². The fourth-order valence-corrected chi connectivity index (χ4v) is 5.89. The van der Waals surface area contributed by atoms with Gasteiger partial charge in [-0.15, -0.1) is 0 Å². The number of fused-ring (bicyclic) bond motifs is 4. The number of aliphatic hydroxyl groups is 1. The lowest BCUT2D eigenvalue weighted by molar-refractivity contribution is -0.140. The molecule has 3 aliphatic rings. The maximum Gasteiger partial charge on any atom is 0.347 e. The summed E-state index contributed by atoms with van der Waals surface area (Å²) >= 11 is 0. The number of rotatable bonds is 2. The molecule has 1 saturated carbocycles. The third-order valence-corrected chi connectivity index (χ3v) is 7.75. The Kier molecular flexibility index (Phi) is 4.30. The summed E-state index contributed by atoms with van der Waals surface area (Å²) in [4.78, 5) is 52.6. The summed E-state index contributed by atoms with van der Waals surface area (Å²) in [7, 11) is 1.43. The lowest BCUT2D eigenvalue weighted by Gasteiger charge is -2.52. The Bertz CT molecular complexity index is 1360. The predicted molar refractivity (Wildman–Crippen MR) is 113 cm³/mol. The smallest absolute Gasteiger partial charge is 0.347 e. The van der Waals surface area contributed by atoms with Crippen molar-refractivity contribution in [1.82, 2.24) is 13.9 Å². The molecule has 0 amide bonds. The molecule has 3 heterocycles. The molecule has 2 aromatic heterocycles. The number of allylic oxidation sites excluding steroid dienone is 4. The minimum absolute atomic E-state index is 0.116. The molecule has 0 aromatic carbocycles. The molecule has 0 saturated heterocycles. The van der Waals surface area contributed by atoms with Gasteiger partial charge in [0.15, 0.2) is 11.6 Å². The molecule has 32 heavy (non-hydrogen) atoms. The third kappa shape index (κ3) is 2.37. The molecule has 9 heteroatoms. The van der Waals surface area contributed by atoms with E-state index in [-0.39, 0.29) is 31.1 Å². The number of Topliss-reactive ketones (excluding diaryl/α,β-unsaturated/α-hetero) is 2. The van der Waals surface area contributed by atoms with E-state index >= 15 is 0 Å². The molecule has 0 bridgehead atoms. The number of ketones is 2. The Labute approximate surface area is 183 Å². The second kappa shape index (κ2) is 6.65. The van der Waals surface area contributed by atoms with Gasteiger partial charge in [0.25, 0.3) is 0 Å². The van der Waals surface area contributed by atoms with E-state index in [4.69, 9.17) is 4.42 Å². The maximum atomic E-state index is 13.7. The van der Waals surface area contributed by atoms with Crippen LogP contribution in [0.1, 0.15) is 50.7 Å². The van der Waals surface area contributed by atoms with Crippen LogP contribution < -0.4 is 11.4 Å². The summed E-state index contributed by atoms with van der Waals surface area (Å²) in [5.74, 6) is -0.708. The van der Waals surface area contributed by atoms with Crippen LogP contribution in [0.4, 0.5) is 0 Å². The van der Waals surface area contributed by atoms with Gasteiger partial charge in [-0.1, -0.05) is 13.0 Å². The Morgan fingerprint density at radius 1 is 1.12 bits per heavy atom. The minimum atomic E-state index is -1.10. The van der Waals surface area contributed by atoms with Gasteiger partial charge in [0, 0.05) is 13.0 Å². The molecule has 5 rings (SSSR count). The van der Waals surface area contributed by atoms with Crippen LogP contribution in [0, 0.1) is 11.3 Å². The monoisotopic (exact) mass is 439 g/mol. The summed E-state index contributed by atoms with van der Waals surface area (Å²) in [6.45, 7) is 5.03. The lowest BCUT2D eigenvalue weighted by Crippen LogP contribution is -2.55. The highest BCUT2D eigenvalue weighted by Crippen LogP contribution is 2.60. The van der Waals surface area contributed by atoms with Gasteiger partial charge in [0.1, 0.15) is 18.1 Å². The van der Waals surface area contributed by atoms with Crippen LogP contribution in [0.5, 0.6) is 0 Å².